The van der Waals surface area contributed by atoms with Crippen molar-refractivity contribution in [2.45, 2.75) is 57.4 Å². The Bertz CT molecular complexity index is 1300. The van der Waals surface area contributed by atoms with Crippen LogP contribution >= 0.6 is 0 Å². The van der Waals surface area contributed by atoms with Crippen molar-refractivity contribution in [2.75, 3.05) is 24.5 Å². The molecule has 38 heavy (non-hydrogen) atoms. The van der Waals surface area contributed by atoms with Crippen LogP contribution in [0.1, 0.15) is 55.5 Å². The molecule has 0 unspecified atom stereocenters. The largest absolute Gasteiger partial charge is 0.354 e. The molecule has 2 amide bonds. The first-order valence-electron chi connectivity index (χ1n) is 12.9. The summed E-state index contributed by atoms with van der Waals surface area (Å²) < 4.78 is 29.3. The highest BCUT2D eigenvalue weighted by Gasteiger charge is 2.41. The van der Waals surface area contributed by atoms with E-state index in [4.69, 9.17) is 0 Å². The number of nitrogens with zero attached hydrogens (tertiary/aromatic N) is 6. The molecule has 11 heteroatoms. The Morgan fingerprint density at radius 2 is 1.89 bits per heavy atom. The molecule has 0 saturated carbocycles. The maximum Gasteiger partial charge on any atom is 0.246 e. The van der Waals surface area contributed by atoms with Crippen molar-refractivity contribution >= 4 is 17.6 Å². The molecule has 2 saturated heterocycles. The molecule has 1 aromatic carbocycles. The monoisotopic (exact) mass is 523 g/mol. The Morgan fingerprint density at radius 1 is 1.13 bits per heavy atom. The van der Waals surface area contributed by atoms with Crippen molar-refractivity contribution in [2.24, 2.45) is 0 Å². The fourth-order valence-electron chi connectivity index (χ4n) is 4.84. The molecular weight excluding hydrogens is 492 g/mol. The molecule has 3 aromatic rings. The van der Waals surface area contributed by atoms with Crippen LogP contribution in [0.4, 0.5) is 14.6 Å². The summed E-state index contributed by atoms with van der Waals surface area (Å²) in [5, 5.41) is 11.4. The number of anilines is 1. The molecule has 0 radical (unpaired) electrons. The lowest BCUT2D eigenvalue weighted by molar-refractivity contribution is -0.139. The van der Waals surface area contributed by atoms with Gasteiger partial charge in [-0.05, 0) is 24.0 Å². The molecule has 200 valence electrons. The van der Waals surface area contributed by atoms with E-state index in [-0.39, 0.29) is 25.4 Å². The number of halogens is 2. The van der Waals surface area contributed by atoms with Crippen LogP contribution in [0.5, 0.6) is 0 Å². The Morgan fingerprint density at radius 3 is 2.55 bits per heavy atom. The number of likely N-dealkylation sites (tertiary alicyclic amines) is 1. The van der Waals surface area contributed by atoms with E-state index in [1.807, 2.05) is 36.9 Å². The van der Waals surface area contributed by atoms with Gasteiger partial charge in [-0.2, -0.15) is 14.3 Å². The summed E-state index contributed by atoms with van der Waals surface area (Å²) >= 11 is 0. The van der Waals surface area contributed by atoms with E-state index in [1.54, 1.807) is 30.5 Å². The van der Waals surface area contributed by atoms with E-state index in [0.717, 1.165) is 19.5 Å². The van der Waals surface area contributed by atoms with Crippen LogP contribution in [-0.2, 0) is 16.1 Å². The van der Waals surface area contributed by atoms with Crippen LogP contribution in [0.15, 0.2) is 48.7 Å². The maximum absolute atomic E-state index is 14.8. The number of aromatic nitrogens is 4. The van der Waals surface area contributed by atoms with Gasteiger partial charge in [0.2, 0.25) is 17.8 Å². The second-order valence-corrected chi connectivity index (χ2v) is 10.1. The third-order valence-electron chi connectivity index (χ3n) is 7.09. The normalized spacial score (nSPS) is 19.9. The molecule has 0 bridgehead atoms. The molecule has 2 aliphatic rings. The zero-order chi connectivity index (χ0) is 26.8. The first kappa shape index (κ1) is 25.7. The molecule has 2 aliphatic heterocycles. The molecule has 5 rings (SSSR count). The van der Waals surface area contributed by atoms with Crippen molar-refractivity contribution in [3.05, 3.63) is 71.4 Å². The van der Waals surface area contributed by atoms with E-state index in [1.165, 1.54) is 9.70 Å². The first-order valence-corrected chi connectivity index (χ1v) is 12.9. The third-order valence-corrected chi connectivity index (χ3v) is 7.09. The van der Waals surface area contributed by atoms with Crippen LogP contribution in [0.3, 0.4) is 0 Å². The van der Waals surface area contributed by atoms with Gasteiger partial charge < -0.3 is 15.1 Å². The summed E-state index contributed by atoms with van der Waals surface area (Å²) in [4.78, 5) is 35.3. The third kappa shape index (κ3) is 5.36. The fourth-order valence-corrected chi connectivity index (χ4v) is 4.84. The molecule has 2 aromatic heterocycles. The number of nitrogens with one attached hydrogen (secondary N) is 1. The van der Waals surface area contributed by atoms with Gasteiger partial charge in [-0.25, -0.2) is 9.37 Å². The Balaban J connectivity index is 1.34. The summed E-state index contributed by atoms with van der Waals surface area (Å²) in [7, 11) is 0. The van der Waals surface area contributed by atoms with Crippen molar-refractivity contribution in [3.63, 3.8) is 0 Å². The first-order chi connectivity index (χ1) is 18.3. The van der Waals surface area contributed by atoms with Crippen molar-refractivity contribution < 1.29 is 18.4 Å². The van der Waals surface area contributed by atoms with Gasteiger partial charge in [-0.3, -0.25) is 9.59 Å². The van der Waals surface area contributed by atoms with Gasteiger partial charge in [-0.1, -0.05) is 50.2 Å². The number of alkyl halides is 1. The lowest BCUT2D eigenvalue weighted by Gasteiger charge is -2.30. The predicted octanol–water partition coefficient (Wildman–Crippen LogP) is 2.99. The van der Waals surface area contributed by atoms with Crippen LogP contribution < -0.4 is 10.2 Å². The Labute approximate surface area is 219 Å². The van der Waals surface area contributed by atoms with E-state index < -0.39 is 36.0 Å². The zero-order valence-corrected chi connectivity index (χ0v) is 21.4. The lowest BCUT2D eigenvalue weighted by Crippen LogP contribution is -2.48. The number of hydrogen-bond acceptors (Lipinski definition) is 6. The highest BCUT2D eigenvalue weighted by Crippen LogP contribution is 2.27. The second kappa shape index (κ2) is 10.8. The minimum absolute atomic E-state index is 0.0490. The zero-order valence-electron chi connectivity index (χ0n) is 21.4. The van der Waals surface area contributed by atoms with Gasteiger partial charge >= 0.3 is 0 Å². The van der Waals surface area contributed by atoms with Crippen molar-refractivity contribution in [1.82, 2.24) is 30.2 Å². The molecular formula is C27H31F2N7O2. The smallest absolute Gasteiger partial charge is 0.246 e. The molecule has 1 N–H and O–H groups in total. The lowest BCUT2D eigenvalue weighted by atomic mass is 9.99. The van der Waals surface area contributed by atoms with E-state index in [0.29, 0.717) is 22.6 Å². The number of pyridine rings is 1. The van der Waals surface area contributed by atoms with Crippen molar-refractivity contribution in [3.8, 4) is 0 Å². The van der Waals surface area contributed by atoms with Gasteiger partial charge in [0.25, 0.3) is 0 Å². The standard InChI is InChI=1S/C27H31F2N7O2/c1-17(2)20-9-10-21(31-26(20)29)25(18-7-4-3-5-8-18)32-27(38)22-13-19(28)15-35(22)24(37)16-36-30-14-23(33-36)34-11-6-12-34/h3-5,7-10,14,17,19,22,25H,6,11-13,15-16H2,1-2H3,(H,32,38)/t19-,22+,25+/m1/s1. The fraction of sp³-hybridized carbons (Fsp3) is 0.444. The minimum Gasteiger partial charge on any atom is -0.354 e. The topological polar surface area (TPSA) is 96.2 Å². The second-order valence-electron chi connectivity index (χ2n) is 10.1. The van der Waals surface area contributed by atoms with E-state index in [9.17, 15) is 18.4 Å². The molecule has 2 fully saturated rings. The van der Waals surface area contributed by atoms with E-state index in [2.05, 4.69) is 20.5 Å². The summed E-state index contributed by atoms with van der Waals surface area (Å²) in [6, 6.07) is 10.6. The minimum atomic E-state index is -1.34. The average molecular weight is 524 g/mol. The van der Waals surface area contributed by atoms with Crippen LogP contribution in [0.2, 0.25) is 0 Å². The molecule has 0 aliphatic carbocycles. The Kier molecular flexibility index (Phi) is 7.35. The number of hydrogen-bond donors (Lipinski definition) is 1. The number of carbonyl (C=O) groups is 2. The Hall–Kier alpha value is -3.89. The van der Waals surface area contributed by atoms with Gasteiger partial charge in [-0.15, -0.1) is 5.10 Å². The van der Waals surface area contributed by atoms with Gasteiger partial charge in [0.15, 0.2) is 5.82 Å². The molecule has 3 atom stereocenters. The van der Waals surface area contributed by atoms with Crippen LogP contribution in [-0.4, -0.2) is 68.5 Å². The van der Waals surface area contributed by atoms with Gasteiger partial charge in [0, 0.05) is 25.1 Å². The summed E-state index contributed by atoms with van der Waals surface area (Å²) in [6.45, 7) is 5.15. The number of carbonyl (C=O) groups excluding carboxylic acids is 2. The van der Waals surface area contributed by atoms with Crippen molar-refractivity contribution in [1.29, 1.82) is 0 Å². The number of rotatable bonds is 8. The molecule has 4 heterocycles. The van der Waals surface area contributed by atoms with Gasteiger partial charge in [0.1, 0.15) is 18.8 Å². The van der Waals surface area contributed by atoms with Gasteiger partial charge in [0.05, 0.1) is 24.5 Å². The highest BCUT2D eigenvalue weighted by atomic mass is 19.1. The number of amides is 2. The molecule has 9 nitrogen and oxygen atoms in total. The maximum atomic E-state index is 14.8. The summed E-state index contributed by atoms with van der Waals surface area (Å²) in [6.07, 6.45) is 1.22. The quantitative estimate of drug-likeness (QED) is 0.456. The predicted molar refractivity (Wildman–Crippen MR) is 137 cm³/mol. The number of benzene rings is 1. The molecule has 0 spiro atoms. The summed E-state index contributed by atoms with van der Waals surface area (Å²) in [5.74, 6) is -0.933. The van der Waals surface area contributed by atoms with E-state index >= 15 is 0 Å². The van der Waals surface area contributed by atoms with Crippen LogP contribution in [0, 0.1) is 5.95 Å². The highest BCUT2D eigenvalue weighted by molar-refractivity contribution is 5.88. The average Bonchev–Trinajstić information content (AvgIpc) is 3.48. The SMILES string of the molecule is CC(C)c1ccc([C@@H](NC(=O)[C@@H]2C[C@@H](F)CN2C(=O)Cn2ncc(N3CCC3)n2)c2ccccc2)nc1F. The van der Waals surface area contributed by atoms with Crippen LogP contribution in [0.25, 0.3) is 0 Å². The summed E-state index contributed by atoms with van der Waals surface area (Å²) in [5.41, 5.74) is 1.49.